The second kappa shape index (κ2) is 9.45. The second-order valence-electron chi connectivity index (χ2n) is 7.56. The Labute approximate surface area is 187 Å². The Morgan fingerprint density at radius 3 is 2.45 bits per heavy atom. The van der Waals surface area contributed by atoms with Crippen molar-refractivity contribution in [1.82, 2.24) is 25.0 Å². The number of pyridine rings is 1. The molecule has 0 atom stereocenters. The van der Waals surface area contributed by atoms with Crippen molar-refractivity contribution in [3.63, 3.8) is 0 Å². The molecular formula is C21H23F3N6O3. The maximum Gasteiger partial charge on any atom is 0.416 e. The van der Waals surface area contributed by atoms with Gasteiger partial charge in [0.1, 0.15) is 12.2 Å². The minimum absolute atomic E-state index is 0.0277. The van der Waals surface area contributed by atoms with Crippen molar-refractivity contribution in [2.75, 3.05) is 32.6 Å². The van der Waals surface area contributed by atoms with Crippen molar-refractivity contribution in [2.24, 2.45) is 7.05 Å². The van der Waals surface area contributed by atoms with Crippen molar-refractivity contribution in [3.8, 4) is 5.88 Å². The van der Waals surface area contributed by atoms with Crippen LogP contribution in [-0.2, 0) is 13.2 Å². The molecule has 12 heteroatoms. The van der Waals surface area contributed by atoms with Gasteiger partial charge in [0.05, 0.1) is 11.3 Å². The average Bonchev–Trinajstić information content (AvgIpc) is 2.99. The summed E-state index contributed by atoms with van der Waals surface area (Å²) >= 11 is 0. The molecule has 9 nitrogen and oxygen atoms in total. The van der Waals surface area contributed by atoms with Gasteiger partial charge in [-0.25, -0.2) is 4.79 Å². The standard InChI is InChI=1S/C21H23F3N6O3/c1-12-15-11-16(19(33-10-9-29(2)3)26-17(15)30(4)28-12)18(31)27-20(32)25-14-7-5-13(6-8-14)21(22,23)24/h5-8,11H,9-10H2,1-4H3,(H2,25,27,31,32). The lowest BCUT2D eigenvalue weighted by Gasteiger charge is -2.14. The first-order valence-electron chi connectivity index (χ1n) is 9.87. The molecular weight excluding hydrogens is 441 g/mol. The van der Waals surface area contributed by atoms with E-state index < -0.39 is 23.7 Å². The Bertz CT molecular complexity index is 1170. The molecule has 0 fully saturated rings. The molecule has 0 unspecified atom stereocenters. The summed E-state index contributed by atoms with van der Waals surface area (Å²) in [6.45, 7) is 2.58. The van der Waals surface area contributed by atoms with Crippen molar-refractivity contribution in [1.29, 1.82) is 0 Å². The SMILES string of the molecule is Cc1nn(C)c2nc(OCCN(C)C)c(C(=O)NC(=O)Nc3ccc(C(F)(F)F)cc3)cc12. The summed E-state index contributed by atoms with van der Waals surface area (Å²) < 4.78 is 45.3. The summed E-state index contributed by atoms with van der Waals surface area (Å²) in [5.41, 5.74) is 0.420. The minimum atomic E-state index is -4.49. The number of likely N-dealkylation sites (N-methyl/N-ethyl adjacent to an activating group) is 1. The molecule has 0 aliphatic heterocycles. The Morgan fingerprint density at radius 2 is 1.85 bits per heavy atom. The number of alkyl halides is 3. The van der Waals surface area contributed by atoms with Gasteiger partial charge < -0.3 is 15.0 Å². The van der Waals surface area contributed by atoms with Crippen LogP contribution < -0.4 is 15.4 Å². The number of aryl methyl sites for hydroxylation is 2. The van der Waals surface area contributed by atoms with E-state index in [2.05, 4.69) is 20.7 Å². The molecule has 0 aliphatic rings. The summed E-state index contributed by atoms with van der Waals surface area (Å²) in [5, 5.41) is 9.38. The fraction of sp³-hybridized carbons (Fsp3) is 0.333. The van der Waals surface area contributed by atoms with Crippen LogP contribution in [0.15, 0.2) is 30.3 Å². The first-order valence-corrected chi connectivity index (χ1v) is 9.87. The Balaban J connectivity index is 1.79. The van der Waals surface area contributed by atoms with E-state index in [1.54, 1.807) is 18.7 Å². The van der Waals surface area contributed by atoms with Gasteiger partial charge in [0, 0.05) is 24.7 Å². The van der Waals surface area contributed by atoms with E-state index in [0.717, 1.165) is 24.3 Å². The number of nitrogens with one attached hydrogen (secondary N) is 2. The Hall–Kier alpha value is -3.67. The zero-order chi connectivity index (χ0) is 24.3. The molecule has 33 heavy (non-hydrogen) atoms. The van der Waals surface area contributed by atoms with Crippen LogP contribution >= 0.6 is 0 Å². The molecule has 0 spiro atoms. The maximum absolute atomic E-state index is 12.8. The van der Waals surface area contributed by atoms with Gasteiger partial charge in [-0.15, -0.1) is 0 Å². The van der Waals surface area contributed by atoms with Crippen molar-refractivity contribution >= 4 is 28.7 Å². The van der Waals surface area contributed by atoms with E-state index in [-0.39, 0.29) is 23.7 Å². The summed E-state index contributed by atoms with van der Waals surface area (Å²) in [4.78, 5) is 31.4. The fourth-order valence-corrected chi connectivity index (χ4v) is 3.00. The lowest BCUT2D eigenvalue weighted by Crippen LogP contribution is -2.34. The normalized spacial score (nSPS) is 11.6. The summed E-state index contributed by atoms with van der Waals surface area (Å²) in [7, 11) is 5.44. The second-order valence-corrected chi connectivity index (χ2v) is 7.56. The number of carbonyl (C=O) groups excluding carboxylic acids is 2. The molecule has 2 N–H and O–H groups in total. The molecule has 2 heterocycles. The van der Waals surface area contributed by atoms with Crippen LogP contribution in [0.2, 0.25) is 0 Å². The van der Waals surface area contributed by atoms with E-state index in [0.29, 0.717) is 23.3 Å². The van der Waals surface area contributed by atoms with Gasteiger partial charge in [-0.1, -0.05) is 0 Å². The number of anilines is 1. The molecule has 3 amide bonds. The monoisotopic (exact) mass is 464 g/mol. The van der Waals surface area contributed by atoms with Crippen molar-refractivity contribution in [3.05, 3.63) is 47.2 Å². The zero-order valence-corrected chi connectivity index (χ0v) is 18.4. The predicted octanol–water partition coefficient (Wildman–Crippen LogP) is 3.20. The summed E-state index contributed by atoms with van der Waals surface area (Å²) in [6.07, 6.45) is -4.49. The van der Waals surface area contributed by atoms with Crippen molar-refractivity contribution < 1.29 is 27.5 Å². The van der Waals surface area contributed by atoms with Gasteiger partial charge in [-0.05, 0) is 51.4 Å². The van der Waals surface area contributed by atoms with Gasteiger partial charge in [0.15, 0.2) is 5.65 Å². The van der Waals surface area contributed by atoms with Crippen LogP contribution in [0.1, 0.15) is 21.6 Å². The first-order chi connectivity index (χ1) is 15.5. The highest BCUT2D eigenvalue weighted by atomic mass is 19.4. The number of nitrogens with zero attached hydrogens (tertiary/aromatic N) is 4. The van der Waals surface area contributed by atoms with E-state index in [1.165, 1.54) is 6.07 Å². The average molecular weight is 464 g/mol. The van der Waals surface area contributed by atoms with E-state index in [9.17, 15) is 22.8 Å². The molecule has 176 valence electrons. The number of fused-ring (bicyclic) bond motifs is 1. The first kappa shape index (κ1) is 24.0. The van der Waals surface area contributed by atoms with Crippen LogP contribution in [0.5, 0.6) is 5.88 Å². The number of hydrogen-bond acceptors (Lipinski definition) is 6. The zero-order valence-electron chi connectivity index (χ0n) is 18.4. The fourth-order valence-electron chi connectivity index (χ4n) is 3.00. The number of halogens is 3. The van der Waals surface area contributed by atoms with E-state index in [1.807, 2.05) is 19.0 Å². The molecule has 0 bridgehead atoms. The number of ether oxygens (including phenoxy) is 1. The molecule has 0 radical (unpaired) electrons. The van der Waals surface area contributed by atoms with Gasteiger partial charge in [0.25, 0.3) is 5.91 Å². The molecule has 0 saturated heterocycles. The molecule has 0 saturated carbocycles. The van der Waals surface area contributed by atoms with Crippen LogP contribution in [0, 0.1) is 6.92 Å². The highest BCUT2D eigenvalue weighted by Gasteiger charge is 2.30. The van der Waals surface area contributed by atoms with Gasteiger partial charge in [-0.2, -0.15) is 23.3 Å². The van der Waals surface area contributed by atoms with Gasteiger partial charge in [0.2, 0.25) is 5.88 Å². The molecule has 3 rings (SSSR count). The Morgan fingerprint density at radius 1 is 1.18 bits per heavy atom. The minimum Gasteiger partial charge on any atom is -0.476 e. The number of aromatic nitrogens is 3. The maximum atomic E-state index is 12.8. The number of rotatable bonds is 6. The number of hydrogen-bond donors (Lipinski definition) is 2. The lowest BCUT2D eigenvalue weighted by molar-refractivity contribution is -0.137. The third kappa shape index (κ3) is 5.77. The van der Waals surface area contributed by atoms with Crippen LogP contribution in [0.3, 0.4) is 0 Å². The number of amides is 3. The van der Waals surface area contributed by atoms with Gasteiger partial charge in [-0.3, -0.25) is 14.8 Å². The van der Waals surface area contributed by atoms with Crippen LogP contribution in [0.4, 0.5) is 23.7 Å². The third-order valence-corrected chi connectivity index (χ3v) is 4.68. The van der Waals surface area contributed by atoms with Crippen LogP contribution in [-0.4, -0.2) is 58.8 Å². The summed E-state index contributed by atoms with van der Waals surface area (Å²) in [6, 6.07) is 4.47. The van der Waals surface area contributed by atoms with Crippen LogP contribution in [0.25, 0.3) is 11.0 Å². The molecule has 1 aromatic carbocycles. The summed E-state index contributed by atoms with van der Waals surface area (Å²) in [5.74, 6) is -0.746. The smallest absolute Gasteiger partial charge is 0.416 e. The highest BCUT2D eigenvalue weighted by molar-refractivity contribution is 6.10. The quantitative estimate of drug-likeness (QED) is 0.581. The predicted molar refractivity (Wildman–Crippen MR) is 115 cm³/mol. The third-order valence-electron chi connectivity index (χ3n) is 4.68. The Kier molecular flexibility index (Phi) is 6.86. The molecule has 3 aromatic rings. The lowest BCUT2D eigenvalue weighted by atomic mass is 10.2. The largest absolute Gasteiger partial charge is 0.476 e. The molecule has 0 aliphatic carbocycles. The van der Waals surface area contributed by atoms with Crippen molar-refractivity contribution in [2.45, 2.75) is 13.1 Å². The van der Waals surface area contributed by atoms with E-state index >= 15 is 0 Å². The number of imide groups is 1. The number of benzene rings is 1. The highest BCUT2D eigenvalue weighted by Crippen LogP contribution is 2.30. The van der Waals surface area contributed by atoms with Gasteiger partial charge >= 0.3 is 12.2 Å². The number of carbonyl (C=O) groups is 2. The molecule has 2 aromatic heterocycles. The topological polar surface area (TPSA) is 101 Å². The number of urea groups is 1. The van der Waals surface area contributed by atoms with E-state index in [4.69, 9.17) is 4.74 Å².